The first-order chi connectivity index (χ1) is 11.8. The third kappa shape index (κ3) is 2.34. The molecule has 0 spiro atoms. The monoisotopic (exact) mass is 318 g/mol. The highest BCUT2D eigenvalue weighted by molar-refractivity contribution is 5.87. The fourth-order valence-corrected chi connectivity index (χ4v) is 2.99. The maximum absolute atomic E-state index is 5.22. The number of aromatic nitrogens is 4. The molecule has 0 aliphatic heterocycles. The zero-order chi connectivity index (χ0) is 16.5. The highest BCUT2D eigenvalue weighted by atomic mass is 16.5. The molecule has 5 nitrogen and oxygen atoms in total. The molecule has 0 unspecified atom stereocenters. The largest absolute Gasteiger partial charge is 0.497 e. The molecule has 0 bridgehead atoms. The number of benzene rings is 2. The fourth-order valence-electron chi connectivity index (χ4n) is 2.99. The molecule has 0 fully saturated rings. The maximum atomic E-state index is 5.22. The Balaban J connectivity index is 1.81. The second-order valence-electron chi connectivity index (χ2n) is 5.62. The van der Waals surface area contributed by atoms with Gasteiger partial charge in [0.1, 0.15) is 17.1 Å². The summed E-state index contributed by atoms with van der Waals surface area (Å²) in [4.78, 5) is 0. The molecule has 0 aliphatic carbocycles. The lowest BCUT2D eigenvalue weighted by Crippen LogP contribution is -1.91. The number of ether oxygens (including phenoxy) is 1. The van der Waals surface area contributed by atoms with Crippen molar-refractivity contribution >= 4 is 10.9 Å². The molecule has 0 atom stereocenters. The Labute approximate surface area is 139 Å². The lowest BCUT2D eigenvalue weighted by molar-refractivity contribution is 0.415. The number of H-pyrrole nitrogens is 1. The lowest BCUT2D eigenvalue weighted by atomic mass is 10.0. The molecule has 0 radical (unpaired) electrons. The van der Waals surface area contributed by atoms with Crippen LogP contribution in [0.1, 0.15) is 6.92 Å². The van der Waals surface area contributed by atoms with Crippen LogP contribution in [-0.2, 0) is 6.54 Å². The van der Waals surface area contributed by atoms with Gasteiger partial charge in [0.25, 0.3) is 0 Å². The van der Waals surface area contributed by atoms with Gasteiger partial charge in [-0.05, 0) is 48.7 Å². The summed E-state index contributed by atoms with van der Waals surface area (Å²) in [7, 11) is 1.66. The number of hydrogen-bond donors (Lipinski definition) is 1. The topological polar surface area (TPSA) is 55.7 Å². The van der Waals surface area contributed by atoms with Crippen LogP contribution in [0.2, 0.25) is 0 Å². The van der Waals surface area contributed by atoms with Crippen molar-refractivity contribution in [2.75, 3.05) is 7.11 Å². The fraction of sp³-hybridized carbons (Fsp3) is 0.158. The van der Waals surface area contributed by atoms with Gasteiger partial charge in [0.2, 0.25) is 0 Å². The number of aryl methyl sites for hydroxylation is 1. The lowest BCUT2D eigenvalue weighted by Gasteiger charge is -2.05. The smallest absolute Gasteiger partial charge is 0.120 e. The van der Waals surface area contributed by atoms with Crippen LogP contribution < -0.4 is 4.74 Å². The van der Waals surface area contributed by atoms with Crippen molar-refractivity contribution in [1.82, 2.24) is 20.0 Å². The minimum atomic E-state index is 0.825. The summed E-state index contributed by atoms with van der Waals surface area (Å²) >= 11 is 0. The van der Waals surface area contributed by atoms with Crippen LogP contribution in [0.25, 0.3) is 33.4 Å². The van der Waals surface area contributed by atoms with Crippen molar-refractivity contribution < 1.29 is 4.74 Å². The van der Waals surface area contributed by atoms with E-state index in [1.165, 1.54) is 10.9 Å². The molecule has 0 aliphatic rings. The first-order valence-electron chi connectivity index (χ1n) is 7.94. The van der Waals surface area contributed by atoms with Gasteiger partial charge in [-0.3, -0.25) is 0 Å². The van der Waals surface area contributed by atoms with Gasteiger partial charge >= 0.3 is 0 Å². The number of rotatable bonds is 4. The van der Waals surface area contributed by atoms with E-state index < -0.39 is 0 Å². The summed E-state index contributed by atoms with van der Waals surface area (Å²) in [5, 5.41) is 12.7. The number of nitrogens with zero attached hydrogens (tertiary/aromatic N) is 3. The van der Waals surface area contributed by atoms with Gasteiger partial charge < -0.3 is 9.30 Å². The molecule has 0 saturated carbocycles. The van der Waals surface area contributed by atoms with Gasteiger partial charge in [-0.1, -0.05) is 12.1 Å². The molecule has 2 aromatic heterocycles. The van der Waals surface area contributed by atoms with Gasteiger partial charge in [0.05, 0.1) is 7.11 Å². The molecule has 0 amide bonds. The van der Waals surface area contributed by atoms with E-state index in [0.29, 0.717) is 0 Å². The normalized spacial score (nSPS) is 11.1. The van der Waals surface area contributed by atoms with Crippen molar-refractivity contribution in [2.24, 2.45) is 0 Å². The first-order valence-corrected chi connectivity index (χ1v) is 7.94. The second kappa shape index (κ2) is 5.85. The Hall–Kier alpha value is -3.08. The van der Waals surface area contributed by atoms with Crippen molar-refractivity contribution in [2.45, 2.75) is 13.5 Å². The second-order valence-corrected chi connectivity index (χ2v) is 5.62. The van der Waals surface area contributed by atoms with Gasteiger partial charge in [0.15, 0.2) is 0 Å². The number of aromatic amines is 1. The third-order valence-corrected chi connectivity index (χ3v) is 4.30. The summed E-state index contributed by atoms with van der Waals surface area (Å²) in [6, 6.07) is 16.4. The number of nitrogens with one attached hydrogen (secondary N) is 1. The summed E-state index contributed by atoms with van der Waals surface area (Å²) in [6.45, 7) is 3.09. The molecule has 5 heteroatoms. The molecule has 120 valence electrons. The summed E-state index contributed by atoms with van der Waals surface area (Å²) in [5.41, 5.74) is 4.96. The van der Waals surface area contributed by atoms with Crippen molar-refractivity contribution in [1.29, 1.82) is 0 Å². The van der Waals surface area contributed by atoms with Crippen molar-refractivity contribution in [3.63, 3.8) is 0 Å². The SMILES string of the molecule is CCn1ccc2ccc(-c3n[nH]nc3-c3ccc(OC)cc3)cc21. The van der Waals surface area contributed by atoms with Crippen molar-refractivity contribution in [3.05, 3.63) is 54.7 Å². The van der Waals surface area contributed by atoms with Gasteiger partial charge in [-0.25, -0.2) is 0 Å². The van der Waals surface area contributed by atoms with E-state index in [-0.39, 0.29) is 0 Å². The van der Waals surface area contributed by atoms with E-state index in [4.69, 9.17) is 4.74 Å². The number of methoxy groups -OCH3 is 1. The quantitative estimate of drug-likeness (QED) is 0.616. The minimum absolute atomic E-state index is 0.825. The molecule has 2 aromatic carbocycles. The Kier molecular flexibility index (Phi) is 3.54. The molecule has 0 saturated heterocycles. The molecule has 1 N–H and O–H groups in total. The third-order valence-electron chi connectivity index (χ3n) is 4.30. The van der Waals surface area contributed by atoms with Crippen LogP contribution in [0.3, 0.4) is 0 Å². The minimum Gasteiger partial charge on any atom is -0.497 e. The average molecular weight is 318 g/mol. The molecule has 24 heavy (non-hydrogen) atoms. The van der Waals surface area contributed by atoms with Crippen LogP contribution in [0.5, 0.6) is 5.75 Å². The van der Waals surface area contributed by atoms with E-state index in [9.17, 15) is 0 Å². The standard InChI is InChI=1S/C19H18N4O/c1-3-23-11-10-13-4-5-15(12-17(13)23)19-18(20-22-21-19)14-6-8-16(24-2)9-7-14/h4-12H,3H2,1-2H3,(H,20,21,22). The molecule has 4 aromatic rings. The number of hydrogen-bond acceptors (Lipinski definition) is 3. The van der Waals surface area contributed by atoms with Crippen LogP contribution in [0.15, 0.2) is 54.7 Å². The van der Waals surface area contributed by atoms with Gasteiger partial charge in [-0.15, -0.1) is 0 Å². The summed E-state index contributed by atoms with van der Waals surface area (Å²) < 4.78 is 7.45. The predicted octanol–water partition coefficient (Wildman–Crippen LogP) is 4.12. The maximum Gasteiger partial charge on any atom is 0.120 e. The Morgan fingerprint density at radius 3 is 2.38 bits per heavy atom. The van der Waals surface area contributed by atoms with Crippen LogP contribution in [-0.4, -0.2) is 27.1 Å². The zero-order valence-electron chi connectivity index (χ0n) is 13.7. The number of fused-ring (bicyclic) bond motifs is 1. The van der Waals surface area contributed by atoms with Crippen molar-refractivity contribution in [3.8, 4) is 28.3 Å². The van der Waals surface area contributed by atoms with Crippen LogP contribution in [0.4, 0.5) is 0 Å². The van der Waals surface area contributed by atoms with E-state index in [0.717, 1.165) is 34.8 Å². The Morgan fingerprint density at radius 1 is 0.958 bits per heavy atom. The Morgan fingerprint density at radius 2 is 1.67 bits per heavy atom. The van der Waals surface area contributed by atoms with Gasteiger partial charge in [-0.2, -0.15) is 15.4 Å². The Bertz CT molecular complexity index is 982. The molecular formula is C19H18N4O. The van der Waals surface area contributed by atoms with E-state index in [1.54, 1.807) is 7.11 Å². The highest BCUT2D eigenvalue weighted by Gasteiger charge is 2.13. The predicted molar refractivity (Wildman–Crippen MR) is 95.0 cm³/mol. The first kappa shape index (κ1) is 14.5. The average Bonchev–Trinajstić information content (AvgIpc) is 3.28. The molecular weight excluding hydrogens is 300 g/mol. The van der Waals surface area contributed by atoms with Crippen LogP contribution >= 0.6 is 0 Å². The van der Waals surface area contributed by atoms with Gasteiger partial charge in [0, 0.05) is 29.4 Å². The molecule has 2 heterocycles. The summed E-state index contributed by atoms with van der Waals surface area (Å²) in [5.74, 6) is 0.825. The van der Waals surface area contributed by atoms with E-state index >= 15 is 0 Å². The molecule has 4 rings (SSSR count). The highest BCUT2D eigenvalue weighted by Crippen LogP contribution is 2.31. The van der Waals surface area contributed by atoms with Crippen LogP contribution in [0, 0.1) is 0 Å². The van der Waals surface area contributed by atoms with E-state index in [1.807, 2.05) is 24.3 Å². The van der Waals surface area contributed by atoms with E-state index in [2.05, 4.69) is 57.4 Å². The zero-order valence-corrected chi connectivity index (χ0v) is 13.7. The summed E-state index contributed by atoms with van der Waals surface area (Å²) in [6.07, 6.45) is 2.11.